The van der Waals surface area contributed by atoms with E-state index in [1.165, 1.54) is 0 Å². The number of hydrogen-bond acceptors (Lipinski definition) is 3. The lowest BCUT2D eigenvalue weighted by atomic mass is 10.2. The standard InChI is InChI=1S/C10H16N2O3/c13-7-12-4-3-8(6-12)11-10(14)9-2-1-5-15-9/h7-9H,1-6H2,(H,11,14). The van der Waals surface area contributed by atoms with Gasteiger partial charge in [-0.05, 0) is 19.3 Å². The molecule has 2 heterocycles. The Morgan fingerprint density at radius 2 is 2.33 bits per heavy atom. The predicted octanol–water partition coefficient (Wildman–Crippen LogP) is -0.488. The largest absolute Gasteiger partial charge is 0.368 e. The smallest absolute Gasteiger partial charge is 0.249 e. The number of hydrogen-bond donors (Lipinski definition) is 1. The van der Waals surface area contributed by atoms with Crippen LogP contribution in [0, 0.1) is 0 Å². The average molecular weight is 212 g/mol. The van der Waals surface area contributed by atoms with E-state index in [-0.39, 0.29) is 18.1 Å². The van der Waals surface area contributed by atoms with E-state index in [9.17, 15) is 9.59 Å². The molecule has 2 aliphatic rings. The van der Waals surface area contributed by atoms with Gasteiger partial charge in [-0.25, -0.2) is 0 Å². The minimum atomic E-state index is -0.268. The first kappa shape index (κ1) is 10.4. The summed E-state index contributed by atoms with van der Waals surface area (Å²) in [6.07, 6.45) is 3.18. The number of amides is 2. The van der Waals surface area contributed by atoms with E-state index < -0.39 is 0 Å². The van der Waals surface area contributed by atoms with Gasteiger partial charge in [-0.1, -0.05) is 0 Å². The summed E-state index contributed by atoms with van der Waals surface area (Å²) in [7, 11) is 0. The van der Waals surface area contributed by atoms with Crippen molar-refractivity contribution in [3.63, 3.8) is 0 Å². The molecule has 0 bridgehead atoms. The van der Waals surface area contributed by atoms with Gasteiger partial charge in [-0.2, -0.15) is 0 Å². The van der Waals surface area contributed by atoms with Crippen molar-refractivity contribution < 1.29 is 14.3 Å². The average Bonchev–Trinajstić information content (AvgIpc) is 2.87. The summed E-state index contributed by atoms with van der Waals surface area (Å²) in [5, 5.41) is 2.92. The maximum absolute atomic E-state index is 11.7. The molecule has 2 rings (SSSR count). The zero-order valence-corrected chi connectivity index (χ0v) is 8.65. The van der Waals surface area contributed by atoms with Crippen molar-refractivity contribution in [3.05, 3.63) is 0 Å². The summed E-state index contributed by atoms with van der Waals surface area (Å²) in [4.78, 5) is 23.8. The minimum absolute atomic E-state index is 0.0229. The third-order valence-corrected chi connectivity index (χ3v) is 2.94. The van der Waals surface area contributed by atoms with E-state index in [4.69, 9.17) is 4.74 Å². The highest BCUT2D eigenvalue weighted by molar-refractivity contribution is 5.81. The van der Waals surface area contributed by atoms with Crippen LogP contribution in [0.4, 0.5) is 0 Å². The lowest BCUT2D eigenvalue weighted by Crippen LogP contribution is -2.42. The van der Waals surface area contributed by atoms with Gasteiger partial charge in [-0.3, -0.25) is 9.59 Å². The van der Waals surface area contributed by atoms with Gasteiger partial charge in [0.15, 0.2) is 0 Å². The molecule has 2 unspecified atom stereocenters. The van der Waals surface area contributed by atoms with E-state index in [2.05, 4.69) is 5.32 Å². The van der Waals surface area contributed by atoms with Crippen molar-refractivity contribution in [1.29, 1.82) is 0 Å². The molecule has 2 fully saturated rings. The normalized spacial score (nSPS) is 30.5. The molecule has 15 heavy (non-hydrogen) atoms. The molecular formula is C10H16N2O3. The number of ether oxygens (including phenoxy) is 1. The number of carbonyl (C=O) groups excluding carboxylic acids is 2. The second kappa shape index (κ2) is 4.61. The molecule has 5 nitrogen and oxygen atoms in total. The van der Waals surface area contributed by atoms with E-state index in [0.29, 0.717) is 13.2 Å². The number of nitrogens with one attached hydrogen (secondary N) is 1. The van der Waals surface area contributed by atoms with Crippen molar-refractivity contribution in [3.8, 4) is 0 Å². The molecule has 0 radical (unpaired) electrons. The monoisotopic (exact) mass is 212 g/mol. The molecule has 2 saturated heterocycles. The van der Waals surface area contributed by atoms with Crippen molar-refractivity contribution in [2.75, 3.05) is 19.7 Å². The molecule has 2 amide bonds. The molecule has 84 valence electrons. The molecule has 1 N–H and O–H groups in total. The van der Waals surface area contributed by atoms with Crippen LogP contribution >= 0.6 is 0 Å². The second-order valence-electron chi connectivity index (χ2n) is 4.10. The predicted molar refractivity (Wildman–Crippen MR) is 53.2 cm³/mol. The van der Waals surface area contributed by atoms with Crippen molar-refractivity contribution in [2.45, 2.75) is 31.4 Å². The highest BCUT2D eigenvalue weighted by atomic mass is 16.5. The third kappa shape index (κ3) is 2.47. The maximum atomic E-state index is 11.7. The SMILES string of the molecule is O=CN1CCC(NC(=O)C2CCCO2)C1. The summed E-state index contributed by atoms with van der Waals surface area (Å²) in [5.74, 6) is -0.0229. The minimum Gasteiger partial charge on any atom is -0.368 e. The molecule has 0 spiro atoms. The fourth-order valence-electron chi connectivity index (χ4n) is 2.08. The molecular weight excluding hydrogens is 196 g/mol. The molecule has 0 aromatic heterocycles. The maximum Gasteiger partial charge on any atom is 0.249 e. The van der Waals surface area contributed by atoms with Gasteiger partial charge < -0.3 is 15.0 Å². The van der Waals surface area contributed by atoms with Crippen LogP contribution in [-0.2, 0) is 14.3 Å². The highest BCUT2D eigenvalue weighted by Gasteiger charge is 2.28. The first-order chi connectivity index (χ1) is 7.29. The van der Waals surface area contributed by atoms with Crippen LogP contribution < -0.4 is 5.32 Å². The van der Waals surface area contributed by atoms with Crippen LogP contribution in [0.3, 0.4) is 0 Å². The van der Waals surface area contributed by atoms with Gasteiger partial charge in [0.25, 0.3) is 0 Å². The molecule has 2 atom stereocenters. The molecule has 2 aliphatic heterocycles. The van der Waals surface area contributed by atoms with E-state index in [0.717, 1.165) is 32.2 Å². The summed E-state index contributed by atoms with van der Waals surface area (Å²) >= 11 is 0. The third-order valence-electron chi connectivity index (χ3n) is 2.94. The Hall–Kier alpha value is -1.10. The van der Waals surface area contributed by atoms with Gasteiger partial charge >= 0.3 is 0 Å². The van der Waals surface area contributed by atoms with Gasteiger partial charge in [-0.15, -0.1) is 0 Å². The molecule has 0 aromatic rings. The molecule has 0 saturated carbocycles. The number of nitrogens with zero attached hydrogens (tertiary/aromatic N) is 1. The van der Waals surface area contributed by atoms with Crippen LogP contribution in [0.15, 0.2) is 0 Å². The number of carbonyl (C=O) groups is 2. The Morgan fingerprint density at radius 1 is 1.47 bits per heavy atom. The van der Waals surface area contributed by atoms with Gasteiger partial charge in [0.2, 0.25) is 12.3 Å². The molecule has 0 aliphatic carbocycles. The van der Waals surface area contributed by atoms with E-state index in [1.807, 2.05) is 0 Å². The number of rotatable bonds is 3. The van der Waals surface area contributed by atoms with Crippen LogP contribution in [0.1, 0.15) is 19.3 Å². The fourth-order valence-corrected chi connectivity index (χ4v) is 2.08. The lowest BCUT2D eigenvalue weighted by Gasteiger charge is -2.15. The topological polar surface area (TPSA) is 58.6 Å². The zero-order chi connectivity index (χ0) is 10.7. The van der Waals surface area contributed by atoms with E-state index in [1.54, 1.807) is 4.90 Å². The van der Waals surface area contributed by atoms with Crippen LogP contribution in [0.5, 0.6) is 0 Å². The first-order valence-electron chi connectivity index (χ1n) is 5.41. The molecule has 0 aromatic carbocycles. The highest BCUT2D eigenvalue weighted by Crippen LogP contribution is 2.13. The van der Waals surface area contributed by atoms with Crippen LogP contribution in [0.2, 0.25) is 0 Å². The Kier molecular flexibility index (Phi) is 3.20. The lowest BCUT2D eigenvalue weighted by molar-refractivity contribution is -0.130. The van der Waals surface area contributed by atoms with Crippen molar-refractivity contribution in [2.24, 2.45) is 0 Å². The summed E-state index contributed by atoms with van der Waals surface area (Å²) in [6.45, 7) is 2.05. The Bertz CT molecular complexity index is 251. The Labute approximate surface area is 88.8 Å². The zero-order valence-electron chi connectivity index (χ0n) is 8.65. The summed E-state index contributed by atoms with van der Waals surface area (Å²) in [5.41, 5.74) is 0. The van der Waals surface area contributed by atoms with Crippen LogP contribution in [-0.4, -0.2) is 49.1 Å². The van der Waals surface area contributed by atoms with Crippen LogP contribution in [0.25, 0.3) is 0 Å². The Balaban J connectivity index is 1.77. The van der Waals surface area contributed by atoms with Gasteiger partial charge in [0.1, 0.15) is 6.10 Å². The van der Waals surface area contributed by atoms with E-state index >= 15 is 0 Å². The van der Waals surface area contributed by atoms with Crippen molar-refractivity contribution in [1.82, 2.24) is 10.2 Å². The quantitative estimate of drug-likeness (QED) is 0.642. The van der Waals surface area contributed by atoms with Gasteiger partial charge in [0.05, 0.1) is 0 Å². The first-order valence-corrected chi connectivity index (χ1v) is 5.41. The number of likely N-dealkylation sites (tertiary alicyclic amines) is 1. The fraction of sp³-hybridized carbons (Fsp3) is 0.800. The summed E-state index contributed by atoms with van der Waals surface area (Å²) < 4.78 is 5.28. The second-order valence-corrected chi connectivity index (χ2v) is 4.10. The van der Waals surface area contributed by atoms with Crippen molar-refractivity contribution >= 4 is 12.3 Å². The Morgan fingerprint density at radius 3 is 2.93 bits per heavy atom. The molecule has 5 heteroatoms. The summed E-state index contributed by atoms with van der Waals surface area (Å²) in [6, 6.07) is 0.104. The van der Waals surface area contributed by atoms with Gasteiger partial charge in [0, 0.05) is 25.7 Å².